The van der Waals surface area contributed by atoms with E-state index in [0.717, 1.165) is 12.8 Å². The summed E-state index contributed by atoms with van der Waals surface area (Å²) in [7, 11) is -3.48. The third-order valence-corrected chi connectivity index (χ3v) is 4.71. The molecule has 0 radical (unpaired) electrons. The largest absolute Gasteiger partial charge is 0.392 e. The van der Waals surface area contributed by atoms with Gasteiger partial charge in [-0.15, -0.1) is 0 Å². The number of aliphatic hydroxyl groups is 1. The van der Waals surface area contributed by atoms with E-state index < -0.39 is 10.0 Å². The minimum absolute atomic E-state index is 0.150. The van der Waals surface area contributed by atoms with Crippen LogP contribution in [-0.2, 0) is 16.6 Å². The van der Waals surface area contributed by atoms with Gasteiger partial charge in [-0.05, 0) is 42.9 Å². The summed E-state index contributed by atoms with van der Waals surface area (Å²) in [5, 5.41) is 9.17. The molecule has 0 aromatic heterocycles. The summed E-state index contributed by atoms with van der Waals surface area (Å²) in [6.07, 6.45) is 1.83. The number of aliphatic hydroxyl groups excluding tert-OH is 1. The van der Waals surface area contributed by atoms with Crippen LogP contribution in [0.3, 0.4) is 0 Å². The number of benzene rings is 1. The van der Waals surface area contributed by atoms with Crippen molar-refractivity contribution in [3.63, 3.8) is 0 Å². The molecule has 0 aliphatic heterocycles. The Hall–Kier alpha value is -0.910. The van der Waals surface area contributed by atoms with Gasteiger partial charge in [-0.25, -0.2) is 13.1 Å². The highest BCUT2D eigenvalue weighted by Crippen LogP contribution is 2.18. The van der Waals surface area contributed by atoms with E-state index in [1.807, 2.05) is 0 Å². The maximum absolute atomic E-state index is 12.2. The fourth-order valence-electron chi connectivity index (χ4n) is 1.92. The average molecular weight is 285 g/mol. The second kappa shape index (κ2) is 7.03. The normalized spacial score (nSPS) is 12.1. The van der Waals surface area contributed by atoms with Crippen molar-refractivity contribution in [2.75, 3.05) is 6.54 Å². The fraction of sp³-hybridized carbons (Fsp3) is 0.571. The highest BCUT2D eigenvalue weighted by molar-refractivity contribution is 7.89. The molecule has 0 fully saturated rings. The minimum atomic E-state index is -3.48. The lowest BCUT2D eigenvalue weighted by molar-refractivity contribution is 0.280. The van der Waals surface area contributed by atoms with Gasteiger partial charge < -0.3 is 5.11 Å². The molecule has 0 atom stereocenters. The lowest BCUT2D eigenvalue weighted by Crippen LogP contribution is -2.26. The summed E-state index contributed by atoms with van der Waals surface area (Å²) in [6.45, 7) is 6.24. The van der Waals surface area contributed by atoms with E-state index in [0.29, 0.717) is 23.6 Å². The van der Waals surface area contributed by atoms with Gasteiger partial charge in [-0.1, -0.05) is 26.0 Å². The Morgan fingerprint density at radius 2 is 2.00 bits per heavy atom. The van der Waals surface area contributed by atoms with Crippen molar-refractivity contribution < 1.29 is 13.5 Å². The SMILES string of the molecule is Cc1c(CO)cccc1S(=O)(=O)NCCCC(C)C. The highest BCUT2D eigenvalue weighted by Gasteiger charge is 2.17. The summed E-state index contributed by atoms with van der Waals surface area (Å²) in [5.41, 5.74) is 1.26. The van der Waals surface area contributed by atoms with E-state index in [1.54, 1.807) is 25.1 Å². The maximum atomic E-state index is 12.2. The number of sulfonamides is 1. The summed E-state index contributed by atoms with van der Waals surface area (Å²) in [5.74, 6) is 0.573. The predicted octanol–water partition coefficient (Wildman–Crippen LogP) is 2.20. The molecule has 1 rings (SSSR count). The van der Waals surface area contributed by atoms with Crippen molar-refractivity contribution in [3.05, 3.63) is 29.3 Å². The van der Waals surface area contributed by atoms with Gasteiger partial charge in [0, 0.05) is 6.54 Å². The van der Waals surface area contributed by atoms with Crippen molar-refractivity contribution in [3.8, 4) is 0 Å². The van der Waals surface area contributed by atoms with Crippen molar-refractivity contribution in [2.24, 2.45) is 5.92 Å². The van der Waals surface area contributed by atoms with E-state index in [4.69, 9.17) is 5.11 Å². The molecule has 0 heterocycles. The second-order valence-corrected chi connectivity index (χ2v) is 6.87. The van der Waals surface area contributed by atoms with Crippen molar-refractivity contribution in [2.45, 2.75) is 45.1 Å². The molecule has 0 aliphatic rings. The molecule has 0 saturated carbocycles. The molecule has 19 heavy (non-hydrogen) atoms. The van der Waals surface area contributed by atoms with Gasteiger partial charge in [0.05, 0.1) is 11.5 Å². The number of nitrogens with one attached hydrogen (secondary N) is 1. The Bertz CT molecular complexity index is 509. The van der Waals surface area contributed by atoms with Crippen molar-refractivity contribution >= 4 is 10.0 Å². The van der Waals surface area contributed by atoms with Crippen LogP contribution < -0.4 is 4.72 Å². The molecule has 108 valence electrons. The topological polar surface area (TPSA) is 66.4 Å². The van der Waals surface area contributed by atoms with E-state index in [2.05, 4.69) is 18.6 Å². The summed E-state index contributed by atoms with van der Waals surface area (Å²) >= 11 is 0. The molecule has 0 aliphatic carbocycles. The maximum Gasteiger partial charge on any atom is 0.240 e. The molecule has 0 unspecified atom stereocenters. The standard InChI is InChI=1S/C14H23NO3S/c1-11(2)6-5-9-15-19(17,18)14-8-4-7-13(10-16)12(14)3/h4,7-8,11,15-16H,5-6,9-10H2,1-3H3. The van der Waals surface area contributed by atoms with Crippen LogP contribution in [0.5, 0.6) is 0 Å². The van der Waals surface area contributed by atoms with Crippen LogP contribution in [-0.4, -0.2) is 20.1 Å². The first-order valence-electron chi connectivity index (χ1n) is 6.57. The number of hydrogen-bond donors (Lipinski definition) is 2. The summed E-state index contributed by atoms with van der Waals surface area (Å²) in [6, 6.07) is 4.95. The monoisotopic (exact) mass is 285 g/mol. The Kier molecular flexibility index (Phi) is 5.97. The van der Waals surface area contributed by atoms with E-state index >= 15 is 0 Å². The van der Waals surface area contributed by atoms with Crippen LogP contribution in [0, 0.1) is 12.8 Å². The van der Waals surface area contributed by atoms with Gasteiger partial charge in [0.1, 0.15) is 0 Å². The third-order valence-electron chi connectivity index (χ3n) is 3.11. The molecule has 0 saturated heterocycles. The van der Waals surface area contributed by atoms with Crippen LogP contribution in [0.15, 0.2) is 23.1 Å². The predicted molar refractivity (Wildman–Crippen MR) is 76.4 cm³/mol. The third kappa shape index (κ3) is 4.60. The zero-order valence-corrected chi connectivity index (χ0v) is 12.6. The highest BCUT2D eigenvalue weighted by atomic mass is 32.2. The van der Waals surface area contributed by atoms with Gasteiger partial charge >= 0.3 is 0 Å². The first-order valence-corrected chi connectivity index (χ1v) is 8.06. The summed E-state index contributed by atoms with van der Waals surface area (Å²) in [4.78, 5) is 0.253. The molecule has 2 N–H and O–H groups in total. The Morgan fingerprint density at radius 3 is 2.58 bits per heavy atom. The van der Waals surface area contributed by atoms with E-state index in [1.165, 1.54) is 0 Å². The Labute approximate surface area is 115 Å². The smallest absolute Gasteiger partial charge is 0.240 e. The van der Waals surface area contributed by atoms with Crippen LogP contribution in [0.2, 0.25) is 0 Å². The van der Waals surface area contributed by atoms with Gasteiger partial charge in [0.2, 0.25) is 10.0 Å². The first-order chi connectivity index (χ1) is 8.88. The molecule has 0 spiro atoms. The lowest BCUT2D eigenvalue weighted by Gasteiger charge is -2.12. The molecule has 1 aromatic rings. The van der Waals surface area contributed by atoms with Crippen LogP contribution in [0.4, 0.5) is 0 Å². The number of hydrogen-bond acceptors (Lipinski definition) is 3. The van der Waals surface area contributed by atoms with E-state index in [-0.39, 0.29) is 11.5 Å². The molecule has 4 nitrogen and oxygen atoms in total. The zero-order chi connectivity index (χ0) is 14.5. The zero-order valence-electron chi connectivity index (χ0n) is 11.8. The van der Waals surface area contributed by atoms with Crippen LogP contribution in [0.1, 0.15) is 37.8 Å². The molecular weight excluding hydrogens is 262 g/mol. The molecule has 0 amide bonds. The Morgan fingerprint density at radius 1 is 1.32 bits per heavy atom. The summed E-state index contributed by atoms with van der Waals surface area (Å²) < 4.78 is 27.0. The van der Waals surface area contributed by atoms with E-state index in [9.17, 15) is 8.42 Å². The minimum Gasteiger partial charge on any atom is -0.392 e. The lowest BCUT2D eigenvalue weighted by atomic mass is 10.1. The van der Waals surface area contributed by atoms with Crippen LogP contribution in [0.25, 0.3) is 0 Å². The van der Waals surface area contributed by atoms with Crippen molar-refractivity contribution in [1.82, 2.24) is 4.72 Å². The molecule has 0 bridgehead atoms. The van der Waals surface area contributed by atoms with Crippen molar-refractivity contribution in [1.29, 1.82) is 0 Å². The van der Waals surface area contributed by atoms with Gasteiger partial charge in [-0.2, -0.15) is 0 Å². The van der Waals surface area contributed by atoms with Crippen LogP contribution >= 0.6 is 0 Å². The fourth-order valence-corrected chi connectivity index (χ4v) is 3.28. The molecule has 1 aromatic carbocycles. The molecular formula is C14H23NO3S. The molecule has 5 heteroatoms. The number of rotatable bonds is 7. The first kappa shape index (κ1) is 16.1. The Balaban J connectivity index is 2.78. The van der Waals surface area contributed by atoms with Gasteiger partial charge in [-0.3, -0.25) is 0 Å². The second-order valence-electron chi connectivity index (χ2n) is 5.13. The quantitative estimate of drug-likeness (QED) is 0.755. The van der Waals surface area contributed by atoms with Gasteiger partial charge in [0.25, 0.3) is 0 Å². The average Bonchev–Trinajstić information content (AvgIpc) is 2.34. The van der Waals surface area contributed by atoms with Gasteiger partial charge in [0.15, 0.2) is 0 Å².